The molecule has 38 heavy (non-hydrogen) atoms. The number of amides is 1. The second-order valence-corrected chi connectivity index (χ2v) is 9.20. The lowest BCUT2D eigenvalue weighted by atomic mass is 10.0. The van der Waals surface area contributed by atoms with Gasteiger partial charge in [0.2, 0.25) is 5.91 Å². The molecular weight excluding hydrogens is 479 g/mol. The third-order valence-electron chi connectivity index (χ3n) is 6.30. The van der Waals surface area contributed by atoms with Crippen molar-refractivity contribution in [2.45, 2.75) is 20.8 Å². The highest BCUT2D eigenvalue weighted by Gasteiger charge is 2.16. The van der Waals surface area contributed by atoms with Crippen LogP contribution in [0.2, 0.25) is 0 Å². The number of nitrogens with zero attached hydrogens (tertiary/aromatic N) is 3. The average molecular weight is 507 g/mol. The normalized spacial score (nSPS) is 12.4. The summed E-state index contributed by atoms with van der Waals surface area (Å²) in [5, 5.41) is 11.4. The molecule has 0 spiro atoms. The molecule has 190 valence electrons. The number of hydrogen-bond donors (Lipinski definition) is 3. The molecule has 0 aliphatic heterocycles. The molecule has 0 aliphatic carbocycles. The molecule has 0 aliphatic rings. The maximum Gasteiger partial charge on any atom is 0.226 e. The predicted octanol–water partition coefficient (Wildman–Crippen LogP) is 6.55. The largest absolute Gasteiger partial charge is 0.335 e. The zero-order valence-corrected chi connectivity index (χ0v) is 21.3. The molecule has 3 aromatic heterocycles. The Morgan fingerprint density at radius 3 is 2.61 bits per heavy atom. The van der Waals surface area contributed by atoms with Gasteiger partial charge in [-0.05, 0) is 60.0 Å². The second kappa shape index (κ2) is 10.3. The van der Waals surface area contributed by atoms with Gasteiger partial charge in [-0.25, -0.2) is 9.37 Å². The third-order valence-corrected chi connectivity index (χ3v) is 6.30. The highest BCUT2D eigenvalue weighted by molar-refractivity contribution is 5.98. The molecule has 0 saturated carbocycles. The van der Waals surface area contributed by atoms with Gasteiger partial charge < -0.3 is 10.3 Å². The van der Waals surface area contributed by atoms with Crippen LogP contribution in [0.5, 0.6) is 0 Å². The standard InChI is InChI=1S/C30H27FN6O/c1-5-18(13-22(6-2)33-30(38)17(3)4)20-9-12-25-23(14-20)28(37-36-25)29-34-26-16-32-15-24(27(26)35-29)19-7-10-21(31)11-8-19/h5-17H,2H2,1,3-4H3,(H,33,38)(H,34,35)(H,36,37)/b18-5+,22-13+. The zero-order valence-electron chi connectivity index (χ0n) is 21.3. The summed E-state index contributed by atoms with van der Waals surface area (Å²) in [6, 6.07) is 12.3. The topological polar surface area (TPSA) is 99.3 Å². The van der Waals surface area contributed by atoms with E-state index in [0.29, 0.717) is 17.2 Å². The molecule has 5 aromatic rings. The van der Waals surface area contributed by atoms with E-state index >= 15 is 0 Å². The van der Waals surface area contributed by atoms with E-state index in [2.05, 4.69) is 32.1 Å². The Hall–Kier alpha value is -4.85. The van der Waals surface area contributed by atoms with E-state index in [1.165, 1.54) is 12.1 Å². The number of allylic oxidation sites excluding steroid dienone is 4. The Kier molecular flexibility index (Phi) is 6.70. The molecule has 0 fully saturated rings. The number of rotatable bonds is 7. The number of aromatic amines is 2. The number of carbonyl (C=O) groups is 1. The number of fused-ring (bicyclic) bond motifs is 2. The van der Waals surface area contributed by atoms with Gasteiger partial charge in [0, 0.05) is 28.8 Å². The van der Waals surface area contributed by atoms with Crippen LogP contribution in [-0.2, 0) is 4.79 Å². The van der Waals surface area contributed by atoms with E-state index in [0.717, 1.165) is 44.2 Å². The van der Waals surface area contributed by atoms with Crippen LogP contribution >= 0.6 is 0 Å². The van der Waals surface area contributed by atoms with Gasteiger partial charge >= 0.3 is 0 Å². The predicted molar refractivity (Wildman–Crippen MR) is 149 cm³/mol. The zero-order chi connectivity index (χ0) is 26.8. The Morgan fingerprint density at radius 2 is 1.89 bits per heavy atom. The fraction of sp³-hybridized carbons (Fsp3) is 0.133. The number of nitrogens with one attached hydrogen (secondary N) is 3. The Morgan fingerprint density at radius 1 is 1.11 bits per heavy atom. The lowest BCUT2D eigenvalue weighted by Crippen LogP contribution is -2.26. The molecule has 0 atom stereocenters. The van der Waals surface area contributed by atoms with Crippen LogP contribution in [0, 0.1) is 11.7 Å². The van der Waals surface area contributed by atoms with E-state index in [1.54, 1.807) is 30.6 Å². The monoisotopic (exact) mass is 506 g/mol. The summed E-state index contributed by atoms with van der Waals surface area (Å²) in [6.07, 6.45) is 8.95. The van der Waals surface area contributed by atoms with Crippen molar-refractivity contribution in [2.75, 3.05) is 0 Å². The van der Waals surface area contributed by atoms with Crippen molar-refractivity contribution in [3.63, 3.8) is 0 Å². The van der Waals surface area contributed by atoms with Crippen LogP contribution in [-0.4, -0.2) is 31.1 Å². The molecule has 2 aromatic carbocycles. The average Bonchev–Trinajstić information content (AvgIpc) is 3.55. The Labute approximate surface area is 219 Å². The lowest BCUT2D eigenvalue weighted by molar-refractivity contribution is -0.123. The molecule has 0 saturated heterocycles. The molecule has 8 heteroatoms. The summed E-state index contributed by atoms with van der Waals surface area (Å²) >= 11 is 0. The van der Waals surface area contributed by atoms with Crippen LogP contribution in [0.1, 0.15) is 26.3 Å². The smallest absolute Gasteiger partial charge is 0.226 e. The number of imidazole rings is 1. The highest BCUT2D eigenvalue weighted by Crippen LogP contribution is 2.32. The van der Waals surface area contributed by atoms with Gasteiger partial charge in [-0.1, -0.05) is 44.7 Å². The van der Waals surface area contributed by atoms with Crippen molar-refractivity contribution < 1.29 is 9.18 Å². The van der Waals surface area contributed by atoms with Gasteiger partial charge in [0.25, 0.3) is 0 Å². The number of H-pyrrole nitrogens is 2. The minimum Gasteiger partial charge on any atom is -0.335 e. The molecule has 1 amide bonds. The summed E-state index contributed by atoms with van der Waals surface area (Å²) in [6.45, 7) is 9.48. The van der Waals surface area contributed by atoms with E-state index in [1.807, 2.05) is 51.1 Å². The number of aromatic nitrogens is 5. The summed E-state index contributed by atoms with van der Waals surface area (Å²) in [4.78, 5) is 24.7. The molecule has 0 unspecified atom stereocenters. The summed E-state index contributed by atoms with van der Waals surface area (Å²) in [5.41, 5.74) is 7.12. The van der Waals surface area contributed by atoms with Crippen molar-refractivity contribution in [2.24, 2.45) is 5.92 Å². The van der Waals surface area contributed by atoms with Crippen molar-refractivity contribution in [1.29, 1.82) is 0 Å². The minimum atomic E-state index is -0.298. The number of pyridine rings is 1. The van der Waals surface area contributed by atoms with Gasteiger partial charge in [-0.2, -0.15) is 5.10 Å². The first-order valence-corrected chi connectivity index (χ1v) is 12.3. The molecule has 0 radical (unpaired) electrons. The van der Waals surface area contributed by atoms with E-state index in [4.69, 9.17) is 4.98 Å². The quantitative estimate of drug-likeness (QED) is 0.218. The summed E-state index contributed by atoms with van der Waals surface area (Å²) < 4.78 is 13.5. The van der Waals surface area contributed by atoms with Crippen molar-refractivity contribution in [3.05, 3.63) is 96.7 Å². The van der Waals surface area contributed by atoms with Crippen LogP contribution in [0.25, 0.3) is 50.2 Å². The van der Waals surface area contributed by atoms with Crippen LogP contribution in [0.15, 0.2) is 85.4 Å². The Balaban J connectivity index is 1.55. The Bertz CT molecular complexity index is 1720. The van der Waals surface area contributed by atoms with Gasteiger partial charge in [0.1, 0.15) is 11.5 Å². The molecule has 3 N–H and O–H groups in total. The minimum absolute atomic E-state index is 0.0708. The lowest BCUT2D eigenvalue weighted by Gasteiger charge is -2.10. The van der Waals surface area contributed by atoms with Crippen LogP contribution < -0.4 is 5.32 Å². The first-order chi connectivity index (χ1) is 18.4. The maximum atomic E-state index is 13.5. The molecule has 7 nitrogen and oxygen atoms in total. The van der Waals surface area contributed by atoms with Crippen molar-refractivity contribution in [1.82, 2.24) is 30.5 Å². The molecule has 3 heterocycles. The number of benzene rings is 2. The number of hydrogen-bond acceptors (Lipinski definition) is 4. The van der Waals surface area contributed by atoms with Crippen molar-refractivity contribution in [3.8, 4) is 22.6 Å². The van der Waals surface area contributed by atoms with Crippen LogP contribution in [0.3, 0.4) is 0 Å². The summed E-state index contributed by atoms with van der Waals surface area (Å²) in [7, 11) is 0. The first kappa shape index (κ1) is 24.8. The number of carbonyl (C=O) groups excluding carboxylic acids is 1. The molecular formula is C30H27FN6O. The van der Waals surface area contributed by atoms with Gasteiger partial charge in [-0.3, -0.25) is 14.9 Å². The summed E-state index contributed by atoms with van der Waals surface area (Å²) in [5.74, 6) is 0.0833. The second-order valence-electron chi connectivity index (χ2n) is 9.20. The molecule has 0 bridgehead atoms. The maximum absolute atomic E-state index is 13.5. The molecule has 5 rings (SSSR count). The number of halogens is 1. The van der Waals surface area contributed by atoms with E-state index < -0.39 is 0 Å². The van der Waals surface area contributed by atoms with Gasteiger partial charge in [0.05, 0.1) is 22.7 Å². The fourth-order valence-electron chi connectivity index (χ4n) is 4.19. The third kappa shape index (κ3) is 4.76. The van der Waals surface area contributed by atoms with E-state index in [-0.39, 0.29) is 17.6 Å². The van der Waals surface area contributed by atoms with Gasteiger partial charge in [0.15, 0.2) is 5.82 Å². The highest BCUT2D eigenvalue weighted by atomic mass is 19.1. The fourth-order valence-corrected chi connectivity index (χ4v) is 4.19. The van der Waals surface area contributed by atoms with Crippen molar-refractivity contribution >= 4 is 33.4 Å². The van der Waals surface area contributed by atoms with Crippen LogP contribution in [0.4, 0.5) is 4.39 Å². The first-order valence-electron chi connectivity index (χ1n) is 12.3. The SMILES string of the molecule is C=C/C(=C\C(=C/C)c1ccc2[nH]nc(-c3nc4c(-c5ccc(F)cc5)cncc4[nH]3)c2c1)NC(=O)C(C)C. The van der Waals surface area contributed by atoms with Gasteiger partial charge in [-0.15, -0.1) is 0 Å². The van der Waals surface area contributed by atoms with E-state index in [9.17, 15) is 9.18 Å².